The molecule has 0 saturated heterocycles. The standard InChI is InChI=1S/C14H18N8O2S/c15-13(20-17)9-6-4-8(5-7-9)10-2-1-3-11(25(19,23)24)12(10)14(16)21-22-18/h1-7,22H,17-18H2,(H2,15,20)(H2,16,21)(H2,19,23,24). The number of hydrazine groups is 1. The Labute approximate surface area is 144 Å². The molecule has 0 spiro atoms. The van der Waals surface area contributed by atoms with E-state index in [-0.39, 0.29) is 22.1 Å². The van der Waals surface area contributed by atoms with Crippen molar-refractivity contribution >= 4 is 21.7 Å². The molecule has 11 heteroatoms. The van der Waals surface area contributed by atoms with Crippen molar-refractivity contribution in [3.8, 4) is 11.1 Å². The molecule has 0 bridgehead atoms. The van der Waals surface area contributed by atoms with Crippen molar-refractivity contribution in [2.75, 3.05) is 0 Å². The molecule has 132 valence electrons. The fourth-order valence-electron chi connectivity index (χ4n) is 2.29. The summed E-state index contributed by atoms with van der Waals surface area (Å²) in [6, 6.07) is 11.3. The van der Waals surface area contributed by atoms with Crippen molar-refractivity contribution in [3.05, 3.63) is 53.6 Å². The van der Waals surface area contributed by atoms with E-state index in [0.29, 0.717) is 16.7 Å². The molecule has 0 fully saturated rings. The second-order valence-corrected chi connectivity index (χ2v) is 6.47. The van der Waals surface area contributed by atoms with E-state index in [9.17, 15) is 8.42 Å². The summed E-state index contributed by atoms with van der Waals surface area (Å²) in [6.07, 6.45) is 0. The number of nitrogens with zero attached hydrogens (tertiary/aromatic N) is 2. The van der Waals surface area contributed by atoms with Crippen molar-refractivity contribution in [1.82, 2.24) is 5.53 Å². The van der Waals surface area contributed by atoms with Crippen molar-refractivity contribution in [2.45, 2.75) is 4.90 Å². The third kappa shape index (κ3) is 3.85. The molecule has 0 heterocycles. The average Bonchev–Trinajstić information content (AvgIpc) is 2.60. The molecule has 0 amide bonds. The van der Waals surface area contributed by atoms with Gasteiger partial charge >= 0.3 is 0 Å². The number of nitrogens with one attached hydrogen (secondary N) is 1. The van der Waals surface area contributed by atoms with Crippen LogP contribution in [0.3, 0.4) is 0 Å². The molecule has 2 rings (SSSR count). The van der Waals surface area contributed by atoms with E-state index in [0.717, 1.165) is 0 Å². The van der Waals surface area contributed by atoms with Crippen LogP contribution in [0, 0.1) is 0 Å². The normalized spacial score (nSPS) is 12.9. The number of sulfonamides is 1. The number of nitrogens with two attached hydrogens (primary N) is 5. The lowest BCUT2D eigenvalue weighted by molar-refractivity contribution is 0.597. The number of hydrogen-bond donors (Lipinski definition) is 6. The Morgan fingerprint density at radius 2 is 1.64 bits per heavy atom. The monoisotopic (exact) mass is 362 g/mol. The molecule has 0 unspecified atom stereocenters. The summed E-state index contributed by atoms with van der Waals surface area (Å²) < 4.78 is 23.8. The summed E-state index contributed by atoms with van der Waals surface area (Å²) >= 11 is 0. The van der Waals surface area contributed by atoms with Crippen LogP contribution in [0.15, 0.2) is 57.6 Å². The van der Waals surface area contributed by atoms with Gasteiger partial charge in [0.1, 0.15) is 5.84 Å². The first-order valence-electron chi connectivity index (χ1n) is 6.88. The minimum Gasteiger partial charge on any atom is -0.382 e. The maximum Gasteiger partial charge on any atom is 0.238 e. The van der Waals surface area contributed by atoms with Gasteiger partial charge in [-0.15, -0.1) is 5.10 Å². The maximum absolute atomic E-state index is 11.9. The van der Waals surface area contributed by atoms with Gasteiger partial charge in [0.25, 0.3) is 0 Å². The van der Waals surface area contributed by atoms with Crippen LogP contribution in [-0.2, 0) is 10.0 Å². The fraction of sp³-hybridized carbons (Fsp3) is 0. The Morgan fingerprint density at radius 3 is 2.16 bits per heavy atom. The van der Waals surface area contributed by atoms with Crippen LogP contribution in [0.25, 0.3) is 11.1 Å². The van der Waals surface area contributed by atoms with Crippen LogP contribution in [-0.4, -0.2) is 20.1 Å². The Hall–Kier alpha value is -3.15. The topological polar surface area (TPSA) is 201 Å². The smallest absolute Gasteiger partial charge is 0.238 e. The van der Waals surface area contributed by atoms with Gasteiger partial charge in [-0.3, -0.25) is 0 Å². The van der Waals surface area contributed by atoms with Crippen molar-refractivity contribution < 1.29 is 8.42 Å². The summed E-state index contributed by atoms with van der Waals surface area (Å²) in [5, 5.41) is 12.4. The van der Waals surface area contributed by atoms with Gasteiger partial charge in [0.15, 0.2) is 5.84 Å². The second kappa shape index (κ2) is 7.17. The van der Waals surface area contributed by atoms with E-state index in [2.05, 4.69) is 10.2 Å². The van der Waals surface area contributed by atoms with Crippen LogP contribution < -0.4 is 33.8 Å². The molecule has 10 nitrogen and oxygen atoms in total. The predicted octanol–water partition coefficient (Wildman–Crippen LogP) is -1.34. The van der Waals surface area contributed by atoms with E-state index in [1.165, 1.54) is 6.07 Å². The summed E-state index contributed by atoms with van der Waals surface area (Å²) in [7, 11) is -4.04. The summed E-state index contributed by atoms with van der Waals surface area (Å²) in [5.41, 5.74) is 15.5. The van der Waals surface area contributed by atoms with E-state index < -0.39 is 10.0 Å². The molecule has 0 aliphatic carbocycles. The lowest BCUT2D eigenvalue weighted by atomic mass is 9.98. The van der Waals surface area contributed by atoms with Crippen molar-refractivity contribution in [1.29, 1.82) is 0 Å². The zero-order valence-electron chi connectivity index (χ0n) is 13.0. The average molecular weight is 362 g/mol. The maximum atomic E-state index is 11.9. The Balaban J connectivity index is 2.71. The van der Waals surface area contributed by atoms with Gasteiger partial charge in [-0.25, -0.2) is 24.9 Å². The third-order valence-corrected chi connectivity index (χ3v) is 4.36. The second-order valence-electron chi connectivity index (χ2n) is 4.94. The molecule has 0 aromatic heterocycles. The highest BCUT2D eigenvalue weighted by molar-refractivity contribution is 7.89. The van der Waals surface area contributed by atoms with Gasteiger partial charge in [-0.1, -0.05) is 36.4 Å². The molecule has 0 saturated carbocycles. The SMILES string of the molecule is N/N=C(/N)c1ccc(-c2cccc(S(N)(=O)=O)c2C(N)=NNN)cc1. The lowest BCUT2D eigenvalue weighted by Crippen LogP contribution is -2.26. The first-order valence-corrected chi connectivity index (χ1v) is 8.43. The molecule has 2 aromatic rings. The van der Waals surface area contributed by atoms with Gasteiger partial charge < -0.3 is 17.3 Å². The van der Waals surface area contributed by atoms with Gasteiger partial charge in [0.2, 0.25) is 10.0 Å². The van der Waals surface area contributed by atoms with E-state index in [4.69, 9.17) is 28.3 Å². The molecule has 0 aliphatic rings. The molecule has 11 N–H and O–H groups in total. The first kappa shape index (κ1) is 18.2. The molecular formula is C14H18N8O2S. The fourth-order valence-corrected chi connectivity index (χ4v) is 3.06. The Kier molecular flexibility index (Phi) is 5.22. The quantitative estimate of drug-likeness (QED) is 0.163. The third-order valence-electron chi connectivity index (χ3n) is 3.40. The Morgan fingerprint density at radius 1 is 1.00 bits per heavy atom. The predicted molar refractivity (Wildman–Crippen MR) is 96.2 cm³/mol. The number of benzene rings is 2. The zero-order chi connectivity index (χ0) is 18.6. The largest absolute Gasteiger partial charge is 0.382 e. The van der Waals surface area contributed by atoms with Crippen LogP contribution in [0.4, 0.5) is 0 Å². The summed E-state index contributed by atoms with van der Waals surface area (Å²) in [4.78, 5) is -0.173. The van der Waals surface area contributed by atoms with Crippen LogP contribution >= 0.6 is 0 Å². The van der Waals surface area contributed by atoms with Crippen LogP contribution in [0.5, 0.6) is 0 Å². The van der Waals surface area contributed by atoms with Gasteiger partial charge in [-0.2, -0.15) is 5.10 Å². The highest BCUT2D eigenvalue weighted by Crippen LogP contribution is 2.28. The first-order chi connectivity index (χ1) is 11.8. The molecule has 0 radical (unpaired) electrons. The van der Waals surface area contributed by atoms with Gasteiger partial charge in [0.05, 0.1) is 4.90 Å². The highest BCUT2D eigenvalue weighted by atomic mass is 32.2. The summed E-state index contributed by atoms with van der Waals surface area (Å²) in [5.74, 6) is 10.3. The summed E-state index contributed by atoms with van der Waals surface area (Å²) in [6.45, 7) is 0. The van der Waals surface area contributed by atoms with Gasteiger partial charge in [0, 0.05) is 11.1 Å². The van der Waals surface area contributed by atoms with Crippen LogP contribution in [0.1, 0.15) is 11.1 Å². The number of hydrazone groups is 2. The number of hydrogen-bond acceptors (Lipinski definition) is 7. The number of primary sulfonamides is 1. The van der Waals surface area contributed by atoms with Crippen molar-refractivity contribution in [2.24, 2.45) is 38.5 Å². The molecule has 2 aromatic carbocycles. The van der Waals surface area contributed by atoms with Gasteiger partial charge in [-0.05, 0) is 17.2 Å². The molecule has 25 heavy (non-hydrogen) atoms. The zero-order valence-corrected chi connectivity index (χ0v) is 13.9. The molecule has 0 atom stereocenters. The van der Waals surface area contributed by atoms with E-state index in [1.807, 2.05) is 5.53 Å². The highest BCUT2D eigenvalue weighted by Gasteiger charge is 2.21. The number of amidine groups is 2. The molecule has 0 aliphatic heterocycles. The minimum absolute atomic E-state index is 0.130. The lowest BCUT2D eigenvalue weighted by Gasteiger charge is -2.14. The Bertz CT molecular complexity index is 936. The minimum atomic E-state index is -4.04. The van der Waals surface area contributed by atoms with E-state index >= 15 is 0 Å². The van der Waals surface area contributed by atoms with E-state index in [1.54, 1.807) is 36.4 Å². The number of rotatable bonds is 5. The molecular weight excluding hydrogens is 344 g/mol. The van der Waals surface area contributed by atoms with Crippen LogP contribution in [0.2, 0.25) is 0 Å². The van der Waals surface area contributed by atoms with Crippen molar-refractivity contribution in [3.63, 3.8) is 0 Å².